The van der Waals surface area contributed by atoms with Gasteiger partial charge in [-0.2, -0.15) is 0 Å². The van der Waals surface area contributed by atoms with E-state index in [2.05, 4.69) is 59.6 Å². The Hall–Kier alpha value is -0.820. The zero-order valence-corrected chi connectivity index (χ0v) is 22.3. The third-order valence-electron chi connectivity index (χ3n) is 7.04. The Kier molecular flexibility index (Phi) is 13.7. The first kappa shape index (κ1) is 28.2. The minimum Gasteiger partial charge on any atom is -0.303 e. The lowest BCUT2D eigenvalue weighted by molar-refractivity contribution is 0.247. The van der Waals surface area contributed by atoms with Crippen molar-refractivity contribution >= 4 is 0 Å². The molecule has 0 saturated carbocycles. The van der Waals surface area contributed by atoms with E-state index in [0.717, 1.165) is 0 Å². The van der Waals surface area contributed by atoms with Crippen molar-refractivity contribution in [2.75, 3.05) is 19.6 Å². The topological polar surface area (TPSA) is 3.24 Å². The third kappa shape index (κ3) is 10.1. The van der Waals surface area contributed by atoms with Crippen LogP contribution in [0.3, 0.4) is 0 Å². The molecule has 1 unspecified atom stereocenters. The van der Waals surface area contributed by atoms with Gasteiger partial charge < -0.3 is 4.90 Å². The van der Waals surface area contributed by atoms with Crippen molar-refractivity contribution in [1.82, 2.24) is 4.90 Å². The van der Waals surface area contributed by atoms with Gasteiger partial charge in [-0.05, 0) is 72.5 Å². The maximum atomic E-state index is 4.33. The fourth-order valence-corrected chi connectivity index (χ4v) is 5.05. The molecule has 1 rings (SSSR count). The molecular formula is C30H55N. The number of hydrogen-bond donors (Lipinski definition) is 0. The van der Waals surface area contributed by atoms with Crippen LogP contribution in [-0.2, 0) is 0 Å². The summed E-state index contributed by atoms with van der Waals surface area (Å²) in [6.07, 6.45) is 17.9. The maximum absolute atomic E-state index is 4.33. The predicted molar refractivity (Wildman–Crippen MR) is 142 cm³/mol. The van der Waals surface area contributed by atoms with Gasteiger partial charge in [0.2, 0.25) is 0 Å². The van der Waals surface area contributed by atoms with Gasteiger partial charge >= 0.3 is 0 Å². The number of nitrogens with zero attached hydrogens (tertiary/aromatic N) is 1. The zero-order valence-electron chi connectivity index (χ0n) is 22.3. The van der Waals surface area contributed by atoms with Crippen LogP contribution in [0.25, 0.3) is 0 Å². The molecule has 31 heavy (non-hydrogen) atoms. The third-order valence-corrected chi connectivity index (χ3v) is 7.04. The van der Waals surface area contributed by atoms with Gasteiger partial charge in [-0.25, -0.2) is 0 Å². The molecule has 1 aliphatic carbocycles. The molecule has 1 heteroatoms. The normalized spacial score (nSPS) is 15.7. The van der Waals surface area contributed by atoms with Gasteiger partial charge in [0.25, 0.3) is 0 Å². The van der Waals surface area contributed by atoms with Crippen LogP contribution < -0.4 is 0 Å². The molecular weight excluding hydrogens is 374 g/mol. The van der Waals surface area contributed by atoms with Crippen molar-refractivity contribution in [3.63, 3.8) is 0 Å². The van der Waals surface area contributed by atoms with Gasteiger partial charge in [0.15, 0.2) is 0 Å². The minimum atomic E-state index is 0.179. The first-order valence-electron chi connectivity index (χ1n) is 13.6. The maximum Gasteiger partial charge on any atom is -0.00130 e. The summed E-state index contributed by atoms with van der Waals surface area (Å²) in [5.41, 5.74) is 5.58. The van der Waals surface area contributed by atoms with Gasteiger partial charge in [0, 0.05) is 0 Å². The Labute approximate surface area is 196 Å². The van der Waals surface area contributed by atoms with Crippen LogP contribution in [0.2, 0.25) is 0 Å². The molecule has 0 aromatic rings. The quantitative estimate of drug-likeness (QED) is 0.196. The Morgan fingerprint density at radius 1 is 0.677 bits per heavy atom. The fraction of sp³-hybridized carbons (Fsp3) is 0.800. The molecule has 1 nitrogen and oxygen atoms in total. The van der Waals surface area contributed by atoms with E-state index >= 15 is 0 Å². The molecule has 0 aliphatic heterocycles. The predicted octanol–water partition coefficient (Wildman–Crippen LogP) is 9.50. The van der Waals surface area contributed by atoms with E-state index in [-0.39, 0.29) is 5.41 Å². The average Bonchev–Trinajstić information content (AvgIpc) is 2.72. The van der Waals surface area contributed by atoms with Gasteiger partial charge in [-0.15, -0.1) is 0 Å². The largest absolute Gasteiger partial charge is 0.303 e. The average molecular weight is 430 g/mol. The molecule has 0 aromatic carbocycles. The molecule has 0 radical (unpaired) electrons. The molecule has 1 atom stereocenters. The van der Waals surface area contributed by atoms with Crippen LogP contribution in [0.15, 0.2) is 35.5 Å². The summed E-state index contributed by atoms with van der Waals surface area (Å²) in [6.45, 7) is 26.4. The molecule has 1 aliphatic rings. The zero-order chi connectivity index (χ0) is 23.3. The highest BCUT2D eigenvalue weighted by atomic mass is 15.1. The molecule has 0 spiro atoms. The van der Waals surface area contributed by atoms with E-state index in [4.69, 9.17) is 0 Å². The Morgan fingerprint density at radius 3 is 1.58 bits per heavy atom. The summed E-state index contributed by atoms with van der Waals surface area (Å²) >= 11 is 0. The highest BCUT2D eigenvalue weighted by molar-refractivity contribution is 5.69. The molecule has 0 saturated heterocycles. The summed E-state index contributed by atoms with van der Waals surface area (Å²) < 4.78 is 0. The fourth-order valence-electron chi connectivity index (χ4n) is 5.05. The van der Waals surface area contributed by atoms with E-state index in [0.29, 0.717) is 5.92 Å². The van der Waals surface area contributed by atoms with E-state index in [1.165, 1.54) is 125 Å². The monoisotopic (exact) mass is 429 g/mol. The summed E-state index contributed by atoms with van der Waals surface area (Å²) in [7, 11) is 0. The Morgan fingerprint density at radius 2 is 1.13 bits per heavy atom. The molecule has 0 amide bonds. The lowest BCUT2D eigenvalue weighted by atomic mass is 9.64. The van der Waals surface area contributed by atoms with Crippen LogP contribution in [0, 0.1) is 11.3 Å². The SMILES string of the molecule is C=C1C(=C)C(C(C)(C)C)=C1C(C)CCN(CCCCCCCC)CCCCCCCC. The van der Waals surface area contributed by atoms with Gasteiger partial charge in [-0.3, -0.25) is 0 Å². The van der Waals surface area contributed by atoms with Crippen LogP contribution in [-0.4, -0.2) is 24.5 Å². The highest BCUT2D eigenvalue weighted by Crippen LogP contribution is 2.50. The van der Waals surface area contributed by atoms with Crippen LogP contribution in [0.5, 0.6) is 0 Å². The Balaban J connectivity index is 2.55. The van der Waals surface area contributed by atoms with Crippen molar-refractivity contribution in [1.29, 1.82) is 0 Å². The van der Waals surface area contributed by atoms with Crippen LogP contribution in [0.1, 0.15) is 125 Å². The summed E-state index contributed by atoms with van der Waals surface area (Å²) in [6, 6.07) is 0. The minimum absolute atomic E-state index is 0.179. The van der Waals surface area contributed by atoms with Crippen LogP contribution in [0.4, 0.5) is 0 Å². The molecule has 0 fully saturated rings. The molecule has 180 valence electrons. The first-order chi connectivity index (χ1) is 14.7. The lowest BCUT2D eigenvalue weighted by Crippen LogP contribution is -2.31. The number of rotatable bonds is 18. The van der Waals surface area contributed by atoms with Gasteiger partial charge in [0.05, 0.1) is 0 Å². The summed E-state index contributed by atoms with van der Waals surface area (Å²) in [4.78, 5) is 2.77. The van der Waals surface area contributed by atoms with E-state index in [1.54, 1.807) is 0 Å². The van der Waals surface area contributed by atoms with E-state index < -0.39 is 0 Å². The van der Waals surface area contributed by atoms with Gasteiger partial charge in [-0.1, -0.05) is 119 Å². The van der Waals surface area contributed by atoms with Crippen molar-refractivity contribution in [2.45, 2.75) is 125 Å². The van der Waals surface area contributed by atoms with Gasteiger partial charge in [0.1, 0.15) is 0 Å². The number of unbranched alkanes of at least 4 members (excludes halogenated alkanes) is 10. The summed E-state index contributed by atoms with van der Waals surface area (Å²) in [5, 5.41) is 0. The first-order valence-corrected chi connectivity index (χ1v) is 13.6. The van der Waals surface area contributed by atoms with Crippen molar-refractivity contribution in [3.8, 4) is 0 Å². The Bertz CT molecular complexity index is 543. The van der Waals surface area contributed by atoms with Crippen molar-refractivity contribution < 1.29 is 0 Å². The molecule has 0 heterocycles. The molecule has 0 aromatic heterocycles. The van der Waals surface area contributed by atoms with E-state index in [1.807, 2.05) is 0 Å². The second-order valence-corrected chi connectivity index (χ2v) is 11.1. The van der Waals surface area contributed by atoms with Crippen molar-refractivity contribution in [2.24, 2.45) is 11.3 Å². The smallest absolute Gasteiger partial charge is 0.00130 e. The second kappa shape index (κ2) is 15.1. The molecule has 0 N–H and O–H groups in total. The summed E-state index contributed by atoms with van der Waals surface area (Å²) in [5.74, 6) is 0.587. The van der Waals surface area contributed by atoms with Crippen LogP contribution >= 0.6 is 0 Å². The van der Waals surface area contributed by atoms with E-state index in [9.17, 15) is 0 Å². The number of allylic oxidation sites excluding steroid dienone is 4. The molecule has 0 bridgehead atoms. The van der Waals surface area contributed by atoms with Crippen molar-refractivity contribution in [3.05, 3.63) is 35.5 Å². The number of hydrogen-bond acceptors (Lipinski definition) is 1. The second-order valence-electron chi connectivity index (χ2n) is 11.1. The highest BCUT2D eigenvalue weighted by Gasteiger charge is 2.36. The lowest BCUT2D eigenvalue weighted by Gasteiger charge is -2.41. The standard InChI is InChI=1S/C30H55N/c1-9-11-13-15-17-19-22-31(23-20-18-16-14-12-10-2)24-21-25(3)28-26(4)27(5)29(28)30(6,7)8/h25H,4-5,9-24H2,1-3,6-8H3.